The second kappa shape index (κ2) is 6.84. The summed E-state index contributed by atoms with van der Waals surface area (Å²) in [6.07, 6.45) is 1.16. The summed E-state index contributed by atoms with van der Waals surface area (Å²) < 4.78 is 5.09. The van der Waals surface area contributed by atoms with Gasteiger partial charge in [-0.3, -0.25) is 4.90 Å². The zero-order chi connectivity index (χ0) is 11.4. The van der Waals surface area contributed by atoms with Crippen molar-refractivity contribution in [1.29, 1.82) is 0 Å². The molecule has 0 amide bonds. The smallest absolute Gasteiger partial charge is 0.0589 e. The number of ether oxygens (including phenoxy) is 1. The van der Waals surface area contributed by atoms with E-state index in [1.807, 2.05) is 0 Å². The summed E-state index contributed by atoms with van der Waals surface area (Å²) in [6.45, 7) is 3.83. The first-order valence-electron chi connectivity index (χ1n) is 5.83. The molecule has 3 nitrogen and oxygen atoms in total. The van der Waals surface area contributed by atoms with Gasteiger partial charge in [0, 0.05) is 32.4 Å². The summed E-state index contributed by atoms with van der Waals surface area (Å²) in [4.78, 5) is 2.29. The Bertz CT molecular complexity index is 357. The zero-order valence-corrected chi connectivity index (χ0v) is 11.3. The van der Waals surface area contributed by atoms with Gasteiger partial charge < -0.3 is 10.1 Å². The number of methoxy groups -OCH3 is 1. The standard InChI is InChI=1S/C13H20N2O.ClH/c1-15(8-9-16-2)10-12-5-3-4-11-6-7-14-13(11)12;/h3-5,14H,6-10H2,1-2H3;1H. The maximum Gasteiger partial charge on any atom is 0.0589 e. The van der Waals surface area contributed by atoms with Crippen molar-refractivity contribution in [3.8, 4) is 0 Å². The number of likely N-dealkylation sites (N-methyl/N-ethyl adjacent to an activating group) is 1. The lowest BCUT2D eigenvalue weighted by Crippen LogP contribution is -2.22. The number of rotatable bonds is 5. The molecule has 1 aromatic carbocycles. The van der Waals surface area contributed by atoms with Gasteiger partial charge in [-0.25, -0.2) is 0 Å². The van der Waals surface area contributed by atoms with Crippen LogP contribution in [0.4, 0.5) is 5.69 Å². The molecule has 0 radical (unpaired) electrons. The maximum atomic E-state index is 5.09. The Balaban J connectivity index is 0.00000144. The SMILES string of the molecule is COCCN(C)Cc1cccc2c1NCC2.Cl. The molecule has 1 aliphatic heterocycles. The van der Waals surface area contributed by atoms with Gasteiger partial charge in [0.2, 0.25) is 0 Å². The predicted octanol–water partition coefficient (Wildman–Crippen LogP) is 2.15. The van der Waals surface area contributed by atoms with Gasteiger partial charge in [-0.05, 0) is 24.6 Å². The molecule has 2 rings (SSSR count). The Morgan fingerprint density at radius 2 is 2.24 bits per heavy atom. The molecule has 0 fully saturated rings. The highest BCUT2D eigenvalue weighted by Crippen LogP contribution is 2.26. The van der Waals surface area contributed by atoms with Crippen LogP contribution in [0.5, 0.6) is 0 Å². The van der Waals surface area contributed by atoms with Crippen LogP contribution >= 0.6 is 12.4 Å². The quantitative estimate of drug-likeness (QED) is 0.874. The van der Waals surface area contributed by atoms with Gasteiger partial charge in [-0.1, -0.05) is 18.2 Å². The summed E-state index contributed by atoms with van der Waals surface area (Å²) in [5, 5.41) is 3.47. The van der Waals surface area contributed by atoms with Crippen molar-refractivity contribution in [2.24, 2.45) is 0 Å². The highest BCUT2D eigenvalue weighted by molar-refractivity contribution is 5.85. The van der Waals surface area contributed by atoms with Crippen molar-refractivity contribution in [2.75, 3.05) is 39.2 Å². The number of para-hydroxylation sites is 1. The second-order valence-electron chi connectivity index (χ2n) is 4.36. The number of nitrogens with zero attached hydrogens (tertiary/aromatic N) is 1. The lowest BCUT2D eigenvalue weighted by atomic mass is 10.1. The molecule has 0 aliphatic carbocycles. The Kier molecular flexibility index (Phi) is 5.75. The summed E-state index contributed by atoms with van der Waals surface area (Å²) in [5.41, 5.74) is 4.21. The van der Waals surface area contributed by atoms with Gasteiger partial charge in [0.1, 0.15) is 0 Å². The number of hydrogen-bond donors (Lipinski definition) is 1. The number of fused-ring (bicyclic) bond motifs is 1. The van der Waals surface area contributed by atoms with E-state index in [4.69, 9.17) is 4.74 Å². The molecule has 0 spiro atoms. The van der Waals surface area contributed by atoms with Crippen LogP contribution in [0.2, 0.25) is 0 Å². The lowest BCUT2D eigenvalue weighted by Gasteiger charge is -2.18. The van der Waals surface area contributed by atoms with E-state index >= 15 is 0 Å². The molecule has 1 heterocycles. The minimum atomic E-state index is 0. The first-order chi connectivity index (χ1) is 7.81. The first kappa shape index (κ1) is 14.3. The van der Waals surface area contributed by atoms with Gasteiger partial charge in [0.25, 0.3) is 0 Å². The molecule has 4 heteroatoms. The normalized spacial score (nSPS) is 13.1. The van der Waals surface area contributed by atoms with Crippen LogP contribution in [-0.2, 0) is 17.7 Å². The molecular weight excluding hydrogens is 236 g/mol. The van der Waals surface area contributed by atoms with Crippen LogP contribution in [0.1, 0.15) is 11.1 Å². The zero-order valence-electron chi connectivity index (χ0n) is 10.5. The van der Waals surface area contributed by atoms with Crippen molar-refractivity contribution >= 4 is 18.1 Å². The van der Waals surface area contributed by atoms with Crippen molar-refractivity contribution < 1.29 is 4.74 Å². The third-order valence-corrected chi connectivity index (χ3v) is 3.05. The molecule has 0 saturated heterocycles. The van der Waals surface area contributed by atoms with Crippen LogP contribution < -0.4 is 5.32 Å². The van der Waals surface area contributed by atoms with Crippen molar-refractivity contribution in [2.45, 2.75) is 13.0 Å². The van der Waals surface area contributed by atoms with Crippen LogP contribution in [0, 0.1) is 0 Å². The van der Waals surface area contributed by atoms with E-state index in [-0.39, 0.29) is 12.4 Å². The average molecular weight is 257 g/mol. The highest BCUT2D eigenvalue weighted by Gasteiger charge is 2.14. The number of nitrogens with one attached hydrogen (secondary N) is 1. The summed E-state index contributed by atoms with van der Waals surface area (Å²) in [5.74, 6) is 0. The predicted molar refractivity (Wildman–Crippen MR) is 74.1 cm³/mol. The number of halogens is 1. The molecule has 1 aromatic rings. The van der Waals surface area contributed by atoms with Crippen LogP contribution in [0.15, 0.2) is 18.2 Å². The minimum Gasteiger partial charge on any atom is -0.384 e. The molecule has 0 unspecified atom stereocenters. The summed E-state index contributed by atoms with van der Waals surface area (Å²) >= 11 is 0. The van der Waals surface area contributed by atoms with Gasteiger partial charge in [0.15, 0.2) is 0 Å². The van der Waals surface area contributed by atoms with E-state index in [0.717, 1.165) is 32.7 Å². The van der Waals surface area contributed by atoms with Crippen molar-refractivity contribution in [3.63, 3.8) is 0 Å². The topological polar surface area (TPSA) is 24.5 Å². The van der Waals surface area contributed by atoms with Gasteiger partial charge >= 0.3 is 0 Å². The highest BCUT2D eigenvalue weighted by atomic mass is 35.5. The second-order valence-corrected chi connectivity index (χ2v) is 4.36. The third-order valence-electron chi connectivity index (χ3n) is 3.05. The fourth-order valence-corrected chi connectivity index (χ4v) is 2.16. The largest absolute Gasteiger partial charge is 0.384 e. The number of anilines is 1. The Labute approximate surface area is 110 Å². The van der Waals surface area contributed by atoms with Crippen LogP contribution in [-0.4, -0.2) is 38.8 Å². The van der Waals surface area contributed by atoms with Gasteiger partial charge in [0.05, 0.1) is 6.61 Å². The molecule has 0 saturated carbocycles. The van der Waals surface area contributed by atoms with E-state index in [1.54, 1.807) is 7.11 Å². The average Bonchev–Trinajstić information content (AvgIpc) is 2.75. The van der Waals surface area contributed by atoms with E-state index in [2.05, 4.69) is 35.5 Å². The molecule has 1 aliphatic rings. The molecular formula is C13H21ClN2O. The third kappa shape index (κ3) is 3.60. The van der Waals surface area contributed by atoms with E-state index < -0.39 is 0 Å². The minimum absolute atomic E-state index is 0. The molecule has 17 heavy (non-hydrogen) atoms. The van der Waals surface area contributed by atoms with E-state index in [0.29, 0.717) is 0 Å². The summed E-state index contributed by atoms with van der Waals surface area (Å²) in [6, 6.07) is 6.58. The Morgan fingerprint density at radius 1 is 1.41 bits per heavy atom. The monoisotopic (exact) mass is 256 g/mol. The molecule has 0 bridgehead atoms. The Morgan fingerprint density at radius 3 is 3.00 bits per heavy atom. The van der Waals surface area contributed by atoms with Crippen molar-refractivity contribution in [1.82, 2.24) is 4.90 Å². The molecule has 0 aromatic heterocycles. The molecule has 0 atom stereocenters. The van der Waals surface area contributed by atoms with E-state index in [1.165, 1.54) is 16.8 Å². The van der Waals surface area contributed by atoms with Gasteiger partial charge in [-0.15, -0.1) is 12.4 Å². The number of benzene rings is 1. The van der Waals surface area contributed by atoms with Crippen LogP contribution in [0.3, 0.4) is 0 Å². The first-order valence-corrected chi connectivity index (χ1v) is 5.83. The van der Waals surface area contributed by atoms with E-state index in [9.17, 15) is 0 Å². The van der Waals surface area contributed by atoms with Gasteiger partial charge in [-0.2, -0.15) is 0 Å². The van der Waals surface area contributed by atoms with Crippen LogP contribution in [0.25, 0.3) is 0 Å². The maximum absolute atomic E-state index is 5.09. The number of hydrogen-bond acceptors (Lipinski definition) is 3. The Hall–Kier alpha value is -0.770. The lowest BCUT2D eigenvalue weighted by molar-refractivity contribution is 0.159. The molecule has 96 valence electrons. The molecule has 1 N–H and O–H groups in total. The van der Waals surface area contributed by atoms with Crippen molar-refractivity contribution in [3.05, 3.63) is 29.3 Å². The summed E-state index contributed by atoms with van der Waals surface area (Å²) in [7, 11) is 3.88. The fraction of sp³-hybridized carbons (Fsp3) is 0.538. The fourth-order valence-electron chi connectivity index (χ4n) is 2.16.